The molecule has 1 saturated heterocycles. The fourth-order valence-corrected chi connectivity index (χ4v) is 4.81. The maximum Gasteiger partial charge on any atom is 0.243 e. The third-order valence-corrected chi connectivity index (χ3v) is 6.56. The van der Waals surface area contributed by atoms with Crippen LogP contribution in [0.4, 0.5) is 16.0 Å². The highest BCUT2D eigenvalue weighted by atomic mass is 32.2. The van der Waals surface area contributed by atoms with Gasteiger partial charge in [-0.2, -0.15) is 4.31 Å². The van der Waals surface area contributed by atoms with Crippen LogP contribution >= 0.6 is 0 Å². The second kappa shape index (κ2) is 7.77. The van der Waals surface area contributed by atoms with E-state index < -0.39 is 15.8 Å². The molecule has 2 heterocycles. The van der Waals surface area contributed by atoms with Crippen LogP contribution in [0.5, 0.6) is 0 Å². The molecule has 0 saturated carbocycles. The molecule has 1 fully saturated rings. The molecule has 2 aromatic rings. The lowest BCUT2D eigenvalue weighted by Crippen LogP contribution is -2.49. The van der Waals surface area contributed by atoms with Crippen molar-refractivity contribution >= 4 is 21.7 Å². The number of nitrogens with one attached hydrogen (secondary N) is 1. The van der Waals surface area contributed by atoms with E-state index in [1.54, 1.807) is 6.92 Å². The number of hydrogen-bond donors (Lipinski definition) is 1. The first kappa shape index (κ1) is 19.5. The van der Waals surface area contributed by atoms with Crippen LogP contribution in [0.1, 0.15) is 18.3 Å². The number of piperazine rings is 1. The van der Waals surface area contributed by atoms with Gasteiger partial charge in [0, 0.05) is 38.8 Å². The van der Waals surface area contributed by atoms with Gasteiger partial charge in [0.25, 0.3) is 0 Å². The lowest BCUT2D eigenvalue weighted by molar-refractivity contribution is 0.383. The first-order chi connectivity index (χ1) is 12.8. The SMILES string of the molecule is CCNc1cc(N2CCN(S(=O)(=O)c3ccc(F)cc3C)CC2)nc(C)n1. The summed E-state index contributed by atoms with van der Waals surface area (Å²) in [6.07, 6.45) is 0. The van der Waals surface area contributed by atoms with Gasteiger partial charge in [0.05, 0.1) is 4.90 Å². The molecule has 0 atom stereocenters. The Morgan fingerprint density at radius 2 is 1.81 bits per heavy atom. The van der Waals surface area contributed by atoms with Crippen molar-refractivity contribution in [2.75, 3.05) is 42.9 Å². The number of sulfonamides is 1. The van der Waals surface area contributed by atoms with Crippen LogP contribution in [0.3, 0.4) is 0 Å². The summed E-state index contributed by atoms with van der Waals surface area (Å²) in [5, 5.41) is 3.18. The van der Waals surface area contributed by atoms with Crippen LogP contribution in [0.15, 0.2) is 29.2 Å². The van der Waals surface area contributed by atoms with Gasteiger partial charge in [0.2, 0.25) is 10.0 Å². The fraction of sp³-hybridized carbons (Fsp3) is 0.444. The molecule has 1 N–H and O–H groups in total. The summed E-state index contributed by atoms with van der Waals surface area (Å²) in [5.74, 6) is 1.78. The van der Waals surface area contributed by atoms with Crippen molar-refractivity contribution in [3.05, 3.63) is 41.5 Å². The molecule has 1 aromatic heterocycles. The zero-order valence-corrected chi connectivity index (χ0v) is 16.6. The first-order valence-corrected chi connectivity index (χ1v) is 10.4. The number of anilines is 2. The van der Waals surface area contributed by atoms with Gasteiger partial charge in [-0.15, -0.1) is 0 Å². The lowest BCUT2D eigenvalue weighted by atomic mass is 10.2. The van der Waals surface area contributed by atoms with E-state index >= 15 is 0 Å². The summed E-state index contributed by atoms with van der Waals surface area (Å²) in [6, 6.07) is 5.64. The molecule has 0 amide bonds. The number of halogens is 1. The first-order valence-electron chi connectivity index (χ1n) is 8.92. The van der Waals surface area contributed by atoms with Crippen LogP contribution in [0.2, 0.25) is 0 Å². The Bertz CT molecular complexity index is 927. The summed E-state index contributed by atoms with van der Waals surface area (Å²) in [5.41, 5.74) is 0.416. The predicted molar refractivity (Wildman–Crippen MR) is 103 cm³/mol. The van der Waals surface area contributed by atoms with Crippen molar-refractivity contribution in [3.63, 3.8) is 0 Å². The van der Waals surface area contributed by atoms with Gasteiger partial charge >= 0.3 is 0 Å². The number of aromatic nitrogens is 2. The summed E-state index contributed by atoms with van der Waals surface area (Å²) >= 11 is 0. The van der Waals surface area contributed by atoms with Crippen molar-refractivity contribution in [3.8, 4) is 0 Å². The molecule has 9 heteroatoms. The van der Waals surface area contributed by atoms with Gasteiger partial charge in [-0.3, -0.25) is 0 Å². The quantitative estimate of drug-likeness (QED) is 0.839. The largest absolute Gasteiger partial charge is 0.370 e. The van der Waals surface area contributed by atoms with E-state index in [1.165, 1.54) is 22.5 Å². The minimum absolute atomic E-state index is 0.157. The number of rotatable bonds is 5. The second-order valence-electron chi connectivity index (χ2n) is 6.49. The maximum absolute atomic E-state index is 13.3. The Balaban J connectivity index is 1.75. The molecule has 1 aromatic carbocycles. The van der Waals surface area contributed by atoms with Crippen LogP contribution in [0, 0.1) is 19.7 Å². The van der Waals surface area contributed by atoms with Gasteiger partial charge in [-0.25, -0.2) is 22.8 Å². The topological polar surface area (TPSA) is 78.4 Å². The van der Waals surface area contributed by atoms with Crippen molar-refractivity contribution in [1.29, 1.82) is 0 Å². The molecular weight excluding hydrogens is 369 g/mol. The Labute approximate surface area is 159 Å². The van der Waals surface area contributed by atoms with Crippen LogP contribution in [0.25, 0.3) is 0 Å². The molecule has 146 valence electrons. The zero-order chi connectivity index (χ0) is 19.6. The number of aryl methyl sites for hydroxylation is 2. The average molecular weight is 393 g/mol. The summed E-state index contributed by atoms with van der Waals surface area (Å²) in [7, 11) is -3.65. The zero-order valence-electron chi connectivity index (χ0n) is 15.7. The Kier molecular flexibility index (Phi) is 5.61. The van der Waals surface area contributed by atoms with E-state index in [0.717, 1.165) is 18.2 Å². The molecule has 7 nitrogen and oxygen atoms in total. The highest BCUT2D eigenvalue weighted by Crippen LogP contribution is 2.24. The van der Waals surface area contributed by atoms with E-state index in [0.29, 0.717) is 37.6 Å². The summed E-state index contributed by atoms with van der Waals surface area (Å²) < 4.78 is 40.6. The van der Waals surface area contributed by atoms with Crippen molar-refractivity contribution in [2.24, 2.45) is 0 Å². The molecule has 3 rings (SSSR count). The van der Waals surface area contributed by atoms with Crippen LogP contribution < -0.4 is 10.2 Å². The molecule has 1 aliphatic heterocycles. The Morgan fingerprint density at radius 1 is 1.11 bits per heavy atom. The Hall–Kier alpha value is -2.26. The van der Waals surface area contributed by atoms with E-state index in [-0.39, 0.29) is 4.90 Å². The van der Waals surface area contributed by atoms with Crippen molar-refractivity contribution in [2.45, 2.75) is 25.7 Å². The highest BCUT2D eigenvalue weighted by molar-refractivity contribution is 7.89. The number of hydrogen-bond acceptors (Lipinski definition) is 6. The smallest absolute Gasteiger partial charge is 0.243 e. The number of nitrogens with zero attached hydrogens (tertiary/aromatic N) is 4. The molecule has 1 aliphatic rings. The van der Waals surface area contributed by atoms with Crippen molar-refractivity contribution < 1.29 is 12.8 Å². The molecule has 0 spiro atoms. The Morgan fingerprint density at radius 3 is 2.44 bits per heavy atom. The van der Waals surface area contributed by atoms with Gasteiger partial charge in [0.1, 0.15) is 23.3 Å². The van der Waals surface area contributed by atoms with Crippen LogP contribution in [-0.2, 0) is 10.0 Å². The second-order valence-corrected chi connectivity index (χ2v) is 8.40. The standard InChI is InChI=1S/C18H24FN5O2S/c1-4-20-17-12-18(22-14(3)21-17)23-7-9-24(10-8-23)27(25,26)16-6-5-15(19)11-13(16)2/h5-6,11-12H,4,7-10H2,1-3H3,(H,20,21,22). The highest BCUT2D eigenvalue weighted by Gasteiger charge is 2.30. The number of benzene rings is 1. The predicted octanol–water partition coefficient (Wildman–Crippen LogP) is 2.18. The maximum atomic E-state index is 13.3. The molecule has 0 aliphatic carbocycles. The van der Waals surface area contributed by atoms with E-state index in [9.17, 15) is 12.8 Å². The van der Waals surface area contributed by atoms with E-state index in [1.807, 2.05) is 19.9 Å². The third kappa shape index (κ3) is 4.19. The third-order valence-electron chi connectivity index (χ3n) is 4.50. The molecular formula is C18H24FN5O2S. The monoisotopic (exact) mass is 393 g/mol. The van der Waals surface area contributed by atoms with Gasteiger partial charge < -0.3 is 10.2 Å². The van der Waals surface area contributed by atoms with E-state index in [4.69, 9.17) is 0 Å². The van der Waals surface area contributed by atoms with Gasteiger partial charge in [-0.05, 0) is 44.5 Å². The summed E-state index contributed by atoms with van der Waals surface area (Å²) in [4.78, 5) is 11.0. The van der Waals surface area contributed by atoms with E-state index in [2.05, 4.69) is 20.2 Å². The minimum atomic E-state index is -3.65. The van der Waals surface area contributed by atoms with Gasteiger partial charge in [0.15, 0.2) is 0 Å². The van der Waals surface area contributed by atoms with Crippen LogP contribution in [-0.4, -0.2) is 55.4 Å². The molecule has 0 radical (unpaired) electrons. The fourth-order valence-electron chi connectivity index (χ4n) is 3.18. The molecule has 27 heavy (non-hydrogen) atoms. The summed E-state index contributed by atoms with van der Waals surface area (Å²) in [6.45, 7) is 7.96. The lowest BCUT2D eigenvalue weighted by Gasteiger charge is -2.35. The minimum Gasteiger partial charge on any atom is -0.370 e. The van der Waals surface area contributed by atoms with Crippen molar-refractivity contribution in [1.82, 2.24) is 14.3 Å². The average Bonchev–Trinajstić information content (AvgIpc) is 2.61. The molecule has 0 bridgehead atoms. The molecule has 0 unspecified atom stereocenters. The normalized spacial score (nSPS) is 15.8. The van der Waals surface area contributed by atoms with Gasteiger partial charge in [-0.1, -0.05) is 0 Å².